The first kappa shape index (κ1) is 12.9. The van der Waals surface area contributed by atoms with E-state index in [2.05, 4.69) is 17.6 Å². The summed E-state index contributed by atoms with van der Waals surface area (Å²) in [6.07, 6.45) is 5.55. The molecule has 0 amide bonds. The molecule has 0 radical (unpaired) electrons. The first-order valence-corrected chi connectivity index (χ1v) is 7.47. The number of nitrogens with zero attached hydrogens (tertiary/aromatic N) is 2. The van der Waals surface area contributed by atoms with E-state index in [1.807, 2.05) is 12.1 Å². The van der Waals surface area contributed by atoms with E-state index in [-0.39, 0.29) is 5.54 Å². The van der Waals surface area contributed by atoms with E-state index in [4.69, 9.17) is 22.3 Å². The predicted octanol–water partition coefficient (Wildman–Crippen LogP) is 3.83. The van der Waals surface area contributed by atoms with Gasteiger partial charge < -0.3 is 10.3 Å². The van der Waals surface area contributed by atoms with Gasteiger partial charge in [-0.05, 0) is 37.5 Å². The van der Waals surface area contributed by atoms with Gasteiger partial charge >= 0.3 is 0 Å². The molecule has 0 saturated heterocycles. The largest absolute Gasteiger partial charge is 0.326 e. The summed E-state index contributed by atoms with van der Waals surface area (Å²) in [6.45, 7) is 3.15. The minimum Gasteiger partial charge on any atom is -0.326 e. The average Bonchev–Trinajstić information content (AvgIpc) is 2.95. The Morgan fingerprint density at radius 2 is 2.11 bits per heavy atom. The molecule has 0 aliphatic heterocycles. The molecule has 3 nitrogen and oxygen atoms in total. The molecule has 3 rings (SSSR count). The second-order valence-corrected chi connectivity index (χ2v) is 6.02. The lowest BCUT2D eigenvalue weighted by molar-refractivity contribution is 0.409. The van der Waals surface area contributed by atoms with Gasteiger partial charge in [0.05, 0.1) is 16.6 Å². The molecular formula is C15H20ClN3. The van der Waals surface area contributed by atoms with Gasteiger partial charge in [0, 0.05) is 11.6 Å². The zero-order valence-electron chi connectivity index (χ0n) is 11.3. The first-order chi connectivity index (χ1) is 9.14. The Labute approximate surface area is 118 Å². The maximum absolute atomic E-state index is 6.60. The minimum absolute atomic E-state index is 0.249. The molecule has 2 aromatic rings. The molecule has 1 aliphatic rings. The average molecular weight is 278 g/mol. The maximum Gasteiger partial charge on any atom is 0.130 e. The minimum atomic E-state index is -0.249. The summed E-state index contributed by atoms with van der Waals surface area (Å²) in [5.41, 5.74) is 8.46. The van der Waals surface area contributed by atoms with Crippen LogP contribution in [0.15, 0.2) is 18.2 Å². The summed E-state index contributed by atoms with van der Waals surface area (Å²) in [4.78, 5) is 4.80. The predicted molar refractivity (Wildman–Crippen MR) is 79.4 cm³/mol. The van der Waals surface area contributed by atoms with Crippen LogP contribution in [0.4, 0.5) is 0 Å². The van der Waals surface area contributed by atoms with Gasteiger partial charge in [0.15, 0.2) is 0 Å². The number of halogens is 1. The highest BCUT2D eigenvalue weighted by Gasteiger charge is 2.36. The van der Waals surface area contributed by atoms with E-state index in [9.17, 15) is 0 Å². The second-order valence-electron chi connectivity index (χ2n) is 5.58. The Morgan fingerprint density at radius 3 is 2.79 bits per heavy atom. The molecular weight excluding hydrogens is 258 g/mol. The highest BCUT2D eigenvalue weighted by molar-refractivity contribution is 6.31. The zero-order chi connectivity index (χ0) is 13.5. The SMILES string of the molecule is CCCn1c(C2(N)CCCC2)nc2cc(Cl)ccc21. The number of fused-ring (bicyclic) bond motifs is 1. The number of imidazole rings is 1. The Bertz CT molecular complexity index is 597. The molecule has 19 heavy (non-hydrogen) atoms. The second kappa shape index (κ2) is 4.80. The fraction of sp³-hybridized carbons (Fsp3) is 0.533. The molecule has 1 aliphatic carbocycles. The van der Waals surface area contributed by atoms with Crippen molar-refractivity contribution in [1.82, 2.24) is 9.55 Å². The Hall–Kier alpha value is -1.06. The quantitative estimate of drug-likeness (QED) is 0.927. The van der Waals surface area contributed by atoms with Gasteiger partial charge in [-0.2, -0.15) is 0 Å². The molecule has 1 aromatic heterocycles. The Kier molecular flexibility index (Phi) is 3.27. The van der Waals surface area contributed by atoms with E-state index in [0.29, 0.717) is 0 Å². The fourth-order valence-electron chi connectivity index (χ4n) is 3.16. The number of hydrogen-bond donors (Lipinski definition) is 1. The van der Waals surface area contributed by atoms with Crippen molar-refractivity contribution in [1.29, 1.82) is 0 Å². The van der Waals surface area contributed by atoms with Crippen molar-refractivity contribution in [3.05, 3.63) is 29.0 Å². The molecule has 1 aromatic carbocycles. The zero-order valence-corrected chi connectivity index (χ0v) is 12.1. The monoisotopic (exact) mass is 277 g/mol. The lowest BCUT2D eigenvalue weighted by Crippen LogP contribution is -2.36. The van der Waals surface area contributed by atoms with Crippen molar-refractivity contribution in [3.63, 3.8) is 0 Å². The van der Waals surface area contributed by atoms with Crippen LogP contribution in [-0.2, 0) is 12.1 Å². The van der Waals surface area contributed by atoms with Crippen LogP contribution in [0.1, 0.15) is 44.9 Å². The highest BCUT2D eigenvalue weighted by atomic mass is 35.5. The summed E-state index contributed by atoms with van der Waals surface area (Å²) in [5.74, 6) is 1.05. The van der Waals surface area contributed by atoms with Crippen molar-refractivity contribution in [2.75, 3.05) is 0 Å². The number of hydrogen-bond acceptors (Lipinski definition) is 2. The van der Waals surface area contributed by atoms with Crippen molar-refractivity contribution in [3.8, 4) is 0 Å². The Balaban J connectivity index is 2.19. The van der Waals surface area contributed by atoms with Gasteiger partial charge in [-0.3, -0.25) is 0 Å². The molecule has 2 N–H and O–H groups in total. The van der Waals surface area contributed by atoms with E-state index in [0.717, 1.165) is 47.7 Å². The van der Waals surface area contributed by atoms with Crippen molar-refractivity contribution < 1.29 is 0 Å². The molecule has 1 saturated carbocycles. The summed E-state index contributed by atoms with van der Waals surface area (Å²) in [6, 6.07) is 5.92. The van der Waals surface area contributed by atoms with E-state index >= 15 is 0 Å². The van der Waals surface area contributed by atoms with E-state index in [1.165, 1.54) is 12.8 Å². The molecule has 102 valence electrons. The number of nitrogens with two attached hydrogens (primary N) is 1. The van der Waals surface area contributed by atoms with Gasteiger partial charge in [0.2, 0.25) is 0 Å². The summed E-state index contributed by atoms with van der Waals surface area (Å²) < 4.78 is 2.29. The van der Waals surface area contributed by atoms with Crippen molar-refractivity contribution >= 4 is 22.6 Å². The molecule has 1 heterocycles. The van der Waals surface area contributed by atoms with Crippen LogP contribution in [-0.4, -0.2) is 9.55 Å². The van der Waals surface area contributed by atoms with Crippen LogP contribution in [0.2, 0.25) is 5.02 Å². The van der Waals surface area contributed by atoms with Gasteiger partial charge in [0.25, 0.3) is 0 Å². The topological polar surface area (TPSA) is 43.8 Å². The normalized spacial score (nSPS) is 18.3. The summed E-state index contributed by atoms with van der Waals surface area (Å²) in [7, 11) is 0. The Morgan fingerprint density at radius 1 is 1.37 bits per heavy atom. The third-order valence-electron chi connectivity index (χ3n) is 4.10. The summed E-state index contributed by atoms with van der Waals surface area (Å²) in [5, 5.41) is 0.734. The first-order valence-electron chi connectivity index (χ1n) is 7.09. The third-order valence-corrected chi connectivity index (χ3v) is 4.33. The number of aryl methyl sites for hydroxylation is 1. The van der Waals surface area contributed by atoms with Crippen LogP contribution in [0, 0.1) is 0 Å². The standard InChI is InChI=1S/C15H20ClN3/c1-2-9-19-13-6-5-11(16)10-12(13)18-14(19)15(17)7-3-4-8-15/h5-6,10H,2-4,7-9,17H2,1H3. The molecule has 1 fully saturated rings. The fourth-order valence-corrected chi connectivity index (χ4v) is 3.33. The van der Waals surface area contributed by atoms with Gasteiger partial charge in [-0.25, -0.2) is 4.98 Å². The number of aromatic nitrogens is 2. The highest BCUT2D eigenvalue weighted by Crippen LogP contribution is 2.37. The molecule has 0 atom stereocenters. The van der Waals surface area contributed by atoms with E-state index in [1.54, 1.807) is 0 Å². The van der Waals surface area contributed by atoms with Crippen molar-refractivity contribution in [2.24, 2.45) is 5.73 Å². The lowest BCUT2D eigenvalue weighted by atomic mass is 9.98. The van der Waals surface area contributed by atoms with Gasteiger partial charge in [-0.15, -0.1) is 0 Å². The van der Waals surface area contributed by atoms with Crippen molar-refractivity contribution in [2.45, 2.75) is 51.1 Å². The van der Waals surface area contributed by atoms with Crippen LogP contribution in [0.5, 0.6) is 0 Å². The number of rotatable bonds is 3. The smallest absolute Gasteiger partial charge is 0.130 e. The van der Waals surface area contributed by atoms with E-state index < -0.39 is 0 Å². The molecule has 0 unspecified atom stereocenters. The van der Waals surface area contributed by atoms with Crippen LogP contribution >= 0.6 is 11.6 Å². The third kappa shape index (κ3) is 2.15. The number of benzene rings is 1. The molecule has 0 spiro atoms. The van der Waals surface area contributed by atoms with Crippen LogP contribution in [0.3, 0.4) is 0 Å². The lowest BCUT2D eigenvalue weighted by Gasteiger charge is -2.24. The van der Waals surface area contributed by atoms with Gasteiger partial charge in [0.1, 0.15) is 5.82 Å². The van der Waals surface area contributed by atoms with Crippen LogP contribution in [0.25, 0.3) is 11.0 Å². The summed E-state index contributed by atoms with van der Waals surface area (Å²) >= 11 is 6.07. The molecule has 0 bridgehead atoms. The van der Waals surface area contributed by atoms with Gasteiger partial charge in [-0.1, -0.05) is 31.4 Å². The van der Waals surface area contributed by atoms with Crippen LogP contribution < -0.4 is 5.73 Å². The molecule has 4 heteroatoms. The maximum atomic E-state index is 6.60.